The Morgan fingerprint density at radius 1 is 0.581 bits per heavy atom. The number of unbranched alkanes of at least 4 members (excludes halogenated alkanes) is 7. The van der Waals surface area contributed by atoms with Gasteiger partial charge in [-0.1, -0.05) is 91.9 Å². The predicted molar refractivity (Wildman–Crippen MR) is 133 cm³/mol. The van der Waals surface area contributed by atoms with Crippen molar-refractivity contribution in [3.8, 4) is 0 Å². The lowest BCUT2D eigenvalue weighted by molar-refractivity contribution is -0.146. The first-order valence-corrected chi connectivity index (χ1v) is 12.9. The zero-order chi connectivity index (χ0) is 22.5. The topological polar surface area (TPSA) is 52.6 Å². The molecule has 0 heterocycles. The van der Waals surface area contributed by atoms with Gasteiger partial charge in [0, 0.05) is 12.8 Å². The molecule has 0 aromatic rings. The van der Waals surface area contributed by atoms with Gasteiger partial charge in [-0.05, 0) is 37.5 Å². The summed E-state index contributed by atoms with van der Waals surface area (Å²) in [6.07, 6.45) is 16.5. The van der Waals surface area contributed by atoms with E-state index in [0.29, 0.717) is 37.9 Å². The molecule has 0 aromatic heterocycles. The van der Waals surface area contributed by atoms with Crippen LogP contribution < -0.4 is 0 Å². The van der Waals surface area contributed by atoms with Crippen molar-refractivity contribution in [3.63, 3.8) is 0 Å². The molecule has 4 nitrogen and oxygen atoms in total. The SMILES string of the molecule is CCCCC(CC)COC(=O)CCCCCCCCC(=O)OCC(CC)CCCC.Cl. The van der Waals surface area contributed by atoms with Crippen molar-refractivity contribution >= 4 is 24.3 Å². The van der Waals surface area contributed by atoms with Gasteiger partial charge >= 0.3 is 11.9 Å². The summed E-state index contributed by atoms with van der Waals surface area (Å²) >= 11 is 0. The van der Waals surface area contributed by atoms with E-state index in [0.717, 1.165) is 64.2 Å². The first kappa shape index (κ1) is 32.4. The van der Waals surface area contributed by atoms with Gasteiger partial charge in [-0.2, -0.15) is 0 Å². The molecule has 0 radical (unpaired) electrons. The Morgan fingerprint density at radius 2 is 0.935 bits per heavy atom. The van der Waals surface area contributed by atoms with E-state index < -0.39 is 0 Å². The predicted octanol–water partition coefficient (Wildman–Crippen LogP) is 8.05. The maximum atomic E-state index is 11.9. The first-order valence-electron chi connectivity index (χ1n) is 12.9. The lowest BCUT2D eigenvalue weighted by atomic mass is 10.0. The van der Waals surface area contributed by atoms with Gasteiger partial charge in [0.2, 0.25) is 0 Å². The molecule has 186 valence electrons. The van der Waals surface area contributed by atoms with E-state index in [-0.39, 0.29) is 24.3 Å². The van der Waals surface area contributed by atoms with Crippen LogP contribution in [0.4, 0.5) is 0 Å². The molecule has 0 spiro atoms. The lowest BCUT2D eigenvalue weighted by Gasteiger charge is -2.14. The van der Waals surface area contributed by atoms with Gasteiger partial charge in [-0.3, -0.25) is 9.59 Å². The van der Waals surface area contributed by atoms with Gasteiger partial charge in [0.15, 0.2) is 0 Å². The van der Waals surface area contributed by atoms with E-state index in [1.54, 1.807) is 0 Å². The van der Waals surface area contributed by atoms with Crippen LogP contribution in [0.1, 0.15) is 130 Å². The van der Waals surface area contributed by atoms with E-state index in [1.807, 2.05) is 0 Å². The quantitative estimate of drug-likeness (QED) is 0.128. The molecular formula is C26H51ClO4. The van der Waals surface area contributed by atoms with Crippen molar-refractivity contribution in [1.82, 2.24) is 0 Å². The highest BCUT2D eigenvalue weighted by Gasteiger charge is 2.11. The van der Waals surface area contributed by atoms with E-state index >= 15 is 0 Å². The fraction of sp³-hybridized carbons (Fsp3) is 0.923. The Kier molecular flexibility index (Phi) is 25.0. The molecule has 5 heteroatoms. The van der Waals surface area contributed by atoms with Gasteiger partial charge in [0.05, 0.1) is 13.2 Å². The molecule has 0 saturated carbocycles. The number of carbonyl (C=O) groups is 2. The first-order chi connectivity index (χ1) is 14.6. The Labute approximate surface area is 199 Å². The highest BCUT2D eigenvalue weighted by molar-refractivity contribution is 5.85. The summed E-state index contributed by atoms with van der Waals surface area (Å²) in [5.74, 6) is 0.948. The monoisotopic (exact) mass is 462 g/mol. The largest absolute Gasteiger partial charge is 0.465 e. The molecule has 0 amide bonds. The molecule has 0 aromatic carbocycles. The molecule has 2 unspecified atom stereocenters. The number of carbonyl (C=O) groups excluding carboxylic acids is 2. The molecule has 2 atom stereocenters. The van der Waals surface area contributed by atoms with E-state index in [1.165, 1.54) is 25.7 Å². The van der Waals surface area contributed by atoms with Crippen molar-refractivity contribution in [2.75, 3.05) is 13.2 Å². The highest BCUT2D eigenvalue weighted by Crippen LogP contribution is 2.15. The number of esters is 2. The van der Waals surface area contributed by atoms with Crippen LogP contribution in [0.5, 0.6) is 0 Å². The smallest absolute Gasteiger partial charge is 0.305 e. The Bertz CT molecular complexity index is 376. The Morgan fingerprint density at radius 3 is 1.26 bits per heavy atom. The van der Waals surface area contributed by atoms with E-state index in [2.05, 4.69) is 27.7 Å². The van der Waals surface area contributed by atoms with Crippen LogP contribution in [0, 0.1) is 11.8 Å². The highest BCUT2D eigenvalue weighted by atomic mass is 35.5. The summed E-state index contributed by atoms with van der Waals surface area (Å²) in [6.45, 7) is 9.90. The van der Waals surface area contributed by atoms with Crippen LogP contribution in [-0.2, 0) is 19.1 Å². The average Bonchev–Trinajstić information content (AvgIpc) is 2.75. The Balaban J connectivity index is 0. The summed E-state index contributed by atoms with van der Waals surface area (Å²) in [5.41, 5.74) is 0. The van der Waals surface area contributed by atoms with Crippen LogP contribution in [0.15, 0.2) is 0 Å². The minimum absolute atomic E-state index is 0. The molecular weight excluding hydrogens is 412 g/mol. The van der Waals surface area contributed by atoms with Crippen LogP contribution in [0.3, 0.4) is 0 Å². The second-order valence-electron chi connectivity index (χ2n) is 8.82. The summed E-state index contributed by atoms with van der Waals surface area (Å²) < 4.78 is 10.9. The third kappa shape index (κ3) is 20.9. The molecule has 0 fully saturated rings. The third-order valence-electron chi connectivity index (χ3n) is 6.06. The van der Waals surface area contributed by atoms with Gasteiger partial charge < -0.3 is 9.47 Å². The average molecular weight is 463 g/mol. The maximum absolute atomic E-state index is 11.9. The van der Waals surface area contributed by atoms with Crippen LogP contribution in [0.2, 0.25) is 0 Å². The standard InChI is InChI=1S/C26H50O4.ClH/c1-5-9-17-23(7-3)21-29-25(27)19-15-13-11-12-14-16-20-26(28)30-22-24(8-4)18-10-6-2;/h23-24H,5-22H2,1-4H3;1H. The van der Waals surface area contributed by atoms with Crippen molar-refractivity contribution < 1.29 is 19.1 Å². The van der Waals surface area contributed by atoms with Crippen LogP contribution >= 0.6 is 12.4 Å². The van der Waals surface area contributed by atoms with Crippen LogP contribution in [0.25, 0.3) is 0 Å². The summed E-state index contributed by atoms with van der Waals surface area (Å²) in [7, 11) is 0. The van der Waals surface area contributed by atoms with Crippen molar-refractivity contribution in [2.45, 2.75) is 130 Å². The van der Waals surface area contributed by atoms with Gasteiger partial charge in [0.25, 0.3) is 0 Å². The fourth-order valence-corrected chi connectivity index (χ4v) is 3.61. The van der Waals surface area contributed by atoms with E-state index in [4.69, 9.17) is 9.47 Å². The van der Waals surface area contributed by atoms with Crippen molar-refractivity contribution in [2.24, 2.45) is 11.8 Å². The van der Waals surface area contributed by atoms with Crippen molar-refractivity contribution in [1.29, 1.82) is 0 Å². The Hall–Kier alpha value is -0.770. The zero-order valence-electron chi connectivity index (χ0n) is 20.9. The molecule has 0 N–H and O–H groups in total. The fourth-order valence-electron chi connectivity index (χ4n) is 3.61. The van der Waals surface area contributed by atoms with Gasteiger partial charge in [0.1, 0.15) is 0 Å². The second kappa shape index (κ2) is 23.9. The maximum Gasteiger partial charge on any atom is 0.305 e. The molecule has 31 heavy (non-hydrogen) atoms. The second-order valence-corrected chi connectivity index (χ2v) is 8.82. The molecule has 0 aliphatic carbocycles. The lowest BCUT2D eigenvalue weighted by Crippen LogP contribution is -2.13. The summed E-state index contributed by atoms with van der Waals surface area (Å²) in [5, 5.41) is 0. The summed E-state index contributed by atoms with van der Waals surface area (Å²) in [6, 6.07) is 0. The molecule has 0 saturated heterocycles. The number of ether oxygens (including phenoxy) is 2. The minimum atomic E-state index is -0.0444. The molecule has 0 aliphatic heterocycles. The minimum Gasteiger partial charge on any atom is -0.465 e. The molecule has 0 rings (SSSR count). The van der Waals surface area contributed by atoms with Gasteiger partial charge in [-0.25, -0.2) is 0 Å². The number of rotatable bonds is 21. The number of halogens is 1. The van der Waals surface area contributed by atoms with Gasteiger partial charge in [-0.15, -0.1) is 12.4 Å². The van der Waals surface area contributed by atoms with Crippen LogP contribution in [-0.4, -0.2) is 25.2 Å². The van der Waals surface area contributed by atoms with E-state index in [9.17, 15) is 9.59 Å². The number of hydrogen-bond donors (Lipinski definition) is 0. The van der Waals surface area contributed by atoms with Crippen molar-refractivity contribution in [3.05, 3.63) is 0 Å². The summed E-state index contributed by atoms with van der Waals surface area (Å²) in [4.78, 5) is 23.7. The number of hydrogen-bond acceptors (Lipinski definition) is 4. The normalized spacial score (nSPS) is 12.6. The molecule has 0 bridgehead atoms. The zero-order valence-corrected chi connectivity index (χ0v) is 21.7. The molecule has 0 aliphatic rings. The third-order valence-corrected chi connectivity index (χ3v) is 6.06.